The highest BCUT2D eigenvalue weighted by Gasteiger charge is 2.17. The van der Waals surface area contributed by atoms with Gasteiger partial charge >= 0.3 is 0 Å². The van der Waals surface area contributed by atoms with Crippen LogP contribution in [0.15, 0.2) is 24.3 Å². The van der Waals surface area contributed by atoms with Crippen molar-refractivity contribution >= 4 is 5.69 Å². The average Bonchev–Trinajstić information content (AvgIpc) is 2.52. The quantitative estimate of drug-likeness (QED) is 0.750. The van der Waals surface area contributed by atoms with Crippen LogP contribution in [0.5, 0.6) is 0 Å². The molecule has 0 aliphatic carbocycles. The average molecular weight is 291 g/mol. The summed E-state index contributed by atoms with van der Waals surface area (Å²) in [6.07, 6.45) is 0.576. The van der Waals surface area contributed by atoms with Crippen molar-refractivity contribution < 1.29 is 5.11 Å². The first kappa shape index (κ1) is 16.3. The van der Waals surface area contributed by atoms with Gasteiger partial charge in [-0.2, -0.15) is 0 Å². The third-order valence-electron chi connectivity index (χ3n) is 4.21. The number of para-hydroxylation sites is 1. The van der Waals surface area contributed by atoms with Gasteiger partial charge < -0.3 is 20.2 Å². The fourth-order valence-electron chi connectivity index (χ4n) is 2.81. The van der Waals surface area contributed by atoms with E-state index in [1.54, 1.807) is 0 Å². The summed E-state index contributed by atoms with van der Waals surface area (Å²) < 4.78 is 0. The van der Waals surface area contributed by atoms with E-state index in [0.717, 1.165) is 52.2 Å². The molecule has 1 unspecified atom stereocenters. The highest BCUT2D eigenvalue weighted by atomic mass is 16.3. The summed E-state index contributed by atoms with van der Waals surface area (Å²) in [6.45, 7) is 11.5. The van der Waals surface area contributed by atoms with Crippen LogP contribution in [0.4, 0.5) is 5.69 Å². The number of piperazine rings is 1. The van der Waals surface area contributed by atoms with Gasteiger partial charge in [0.25, 0.3) is 0 Å². The maximum atomic E-state index is 9.30. The van der Waals surface area contributed by atoms with E-state index in [2.05, 4.69) is 46.3 Å². The molecule has 4 heteroatoms. The second-order valence-electron chi connectivity index (χ2n) is 5.86. The van der Waals surface area contributed by atoms with Crippen molar-refractivity contribution in [2.24, 2.45) is 0 Å². The highest BCUT2D eigenvalue weighted by molar-refractivity contribution is 5.54. The number of likely N-dealkylation sites (N-methyl/N-ethyl adjacent to an activating group) is 1. The number of aliphatic hydroxyl groups is 1. The second kappa shape index (κ2) is 8.37. The van der Waals surface area contributed by atoms with Crippen molar-refractivity contribution in [1.82, 2.24) is 10.2 Å². The van der Waals surface area contributed by atoms with Crippen LogP contribution >= 0.6 is 0 Å². The summed E-state index contributed by atoms with van der Waals surface area (Å²) >= 11 is 0. The van der Waals surface area contributed by atoms with E-state index in [1.807, 2.05) is 6.92 Å². The van der Waals surface area contributed by atoms with Gasteiger partial charge in [0.2, 0.25) is 0 Å². The molecule has 1 heterocycles. The Morgan fingerprint density at radius 2 is 1.90 bits per heavy atom. The van der Waals surface area contributed by atoms with Crippen LogP contribution in [-0.2, 0) is 6.54 Å². The monoisotopic (exact) mass is 291 g/mol. The molecule has 0 bridgehead atoms. The zero-order valence-corrected chi connectivity index (χ0v) is 13.4. The minimum atomic E-state index is -0.227. The van der Waals surface area contributed by atoms with Gasteiger partial charge in [0.1, 0.15) is 0 Å². The van der Waals surface area contributed by atoms with E-state index in [0.29, 0.717) is 0 Å². The molecule has 1 fully saturated rings. The molecule has 1 atom stereocenters. The minimum Gasteiger partial charge on any atom is -0.393 e. The van der Waals surface area contributed by atoms with Crippen LogP contribution in [0, 0.1) is 0 Å². The molecule has 0 spiro atoms. The van der Waals surface area contributed by atoms with Gasteiger partial charge in [-0.25, -0.2) is 0 Å². The molecule has 0 saturated carbocycles. The number of nitrogens with zero attached hydrogens (tertiary/aromatic N) is 2. The molecule has 1 aromatic rings. The summed E-state index contributed by atoms with van der Waals surface area (Å²) in [5.41, 5.74) is 2.71. The fourth-order valence-corrected chi connectivity index (χ4v) is 2.81. The number of anilines is 1. The summed E-state index contributed by atoms with van der Waals surface area (Å²) in [5.74, 6) is 0. The van der Waals surface area contributed by atoms with Crippen molar-refractivity contribution in [2.45, 2.75) is 32.9 Å². The van der Waals surface area contributed by atoms with Gasteiger partial charge in [-0.3, -0.25) is 0 Å². The predicted octanol–water partition coefficient (Wildman–Crippen LogP) is 1.69. The molecule has 1 saturated heterocycles. The standard InChI is InChI=1S/C17H29N3O/c1-3-19-10-12-20(13-11-19)17-7-5-4-6-16(17)14-18-9-8-15(2)21/h4-7,15,18,21H,3,8-14H2,1-2H3. The molecule has 1 aliphatic rings. The van der Waals surface area contributed by atoms with E-state index in [1.165, 1.54) is 11.3 Å². The zero-order valence-electron chi connectivity index (χ0n) is 13.4. The largest absolute Gasteiger partial charge is 0.393 e. The summed E-state index contributed by atoms with van der Waals surface area (Å²) in [7, 11) is 0. The van der Waals surface area contributed by atoms with E-state index < -0.39 is 0 Å². The number of benzene rings is 1. The third kappa shape index (κ3) is 4.99. The van der Waals surface area contributed by atoms with Crippen LogP contribution in [0.2, 0.25) is 0 Å². The lowest BCUT2D eigenvalue weighted by Gasteiger charge is -2.36. The Morgan fingerprint density at radius 1 is 1.19 bits per heavy atom. The lowest BCUT2D eigenvalue weighted by molar-refractivity contribution is 0.183. The molecular formula is C17H29N3O. The van der Waals surface area contributed by atoms with Crippen LogP contribution in [0.1, 0.15) is 25.8 Å². The van der Waals surface area contributed by atoms with Crippen molar-refractivity contribution in [3.63, 3.8) is 0 Å². The smallest absolute Gasteiger partial charge is 0.0524 e. The third-order valence-corrected chi connectivity index (χ3v) is 4.21. The van der Waals surface area contributed by atoms with E-state index >= 15 is 0 Å². The van der Waals surface area contributed by atoms with E-state index in [4.69, 9.17) is 0 Å². The molecule has 1 aliphatic heterocycles. The van der Waals surface area contributed by atoms with Crippen LogP contribution in [0.3, 0.4) is 0 Å². The van der Waals surface area contributed by atoms with Crippen LogP contribution in [-0.4, -0.2) is 55.4 Å². The van der Waals surface area contributed by atoms with Gasteiger partial charge in [0, 0.05) is 38.4 Å². The molecular weight excluding hydrogens is 262 g/mol. The summed E-state index contributed by atoms with van der Waals surface area (Å²) in [6, 6.07) is 8.67. The lowest BCUT2D eigenvalue weighted by atomic mass is 10.1. The Labute approximate surface area is 128 Å². The van der Waals surface area contributed by atoms with Crippen LogP contribution < -0.4 is 10.2 Å². The van der Waals surface area contributed by atoms with Gasteiger partial charge in [-0.05, 0) is 38.1 Å². The maximum Gasteiger partial charge on any atom is 0.0524 e. The normalized spacial score (nSPS) is 18.0. The number of hydrogen-bond donors (Lipinski definition) is 2. The number of rotatable bonds is 7. The first-order chi connectivity index (χ1) is 10.2. The van der Waals surface area contributed by atoms with Gasteiger partial charge in [-0.1, -0.05) is 25.1 Å². The second-order valence-corrected chi connectivity index (χ2v) is 5.86. The molecule has 0 amide bonds. The van der Waals surface area contributed by atoms with Crippen molar-refractivity contribution in [2.75, 3.05) is 44.2 Å². The molecule has 2 rings (SSSR count). The SMILES string of the molecule is CCN1CCN(c2ccccc2CNCCC(C)O)CC1. The van der Waals surface area contributed by atoms with Crippen molar-refractivity contribution in [1.29, 1.82) is 0 Å². The molecule has 1 aromatic carbocycles. The van der Waals surface area contributed by atoms with Gasteiger partial charge in [-0.15, -0.1) is 0 Å². The number of nitrogens with one attached hydrogen (secondary N) is 1. The van der Waals surface area contributed by atoms with E-state index in [-0.39, 0.29) is 6.10 Å². The van der Waals surface area contributed by atoms with Crippen LogP contribution in [0.25, 0.3) is 0 Å². The summed E-state index contributed by atoms with van der Waals surface area (Å²) in [5, 5.41) is 12.7. The van der Waals surface area contributed by atoms with Crippen molar-refractivity contribution in [3.05, 3.63) is 29.8 Å². The zero-order chi connectivity index (χ0) is 15.1. The fraction of sp³-hybridized carbons (Fsp3) is 0.647. The number of hydrogen-bond acceptors (Lipinski definition) is 4. The summed E-state index contributed by atoms with van der Waals surface area (Å²) in [4.78, 5) is 5.00. The Balaban J connectivity index is 1.91. The lowest BCUT2D eigenvalue weighted by Crippen LogP contribution is -2.46. The topological polar surface area (TPSA) is 38.7 Å². The molecule has 21 heavy (non-hydrogen) atoms. The molecule has 2 N–H and O–H groups in total. The Morgan fingerprint density at radius 3 is 2.57 bits per heavy atom. The van der Waals surface area contributed by atoms with Gasteiger partial charge in [0.05, 0.1) is 6.10 Å². The van der Waals surface area contributed by atoms with Crippen molar-refractivity contribution in [3.8, 4) is 0 Å². The molecule has 0 aromatic heterocycles. The van der Waals surface area contributed by atoms with E-state index in [9.17, 15) is 5.11 Å². The number of aliphatic hydroxyl groups excluding tert-OH is 1. The Bertz CT molecular complexity index is 414. The Hall–Kier alpha value is -1.10. The van der Waals surface area contributed by atoms with Gasteiger partial charge in [0.15, 0.2) is 0 Å². The first-order valence-corrected chi connectivity index (χ1v) is 8.14. The Kier molecular flexibility index (Phi) is 6.49. The molecule has 0 radical (unpaired) electrons. The molecule has 4 nitrogen and oxygen atoms in total. The highest BCUT2D eigenvalue weighted by Crippen LogP contribution is 2.21. The predicted molar refractivity (Wildman–Crippen MR) is 88.8 cm³/mol. The molecule has 118 valence electrons. The minimum absolute atomic E-state index is 0.227. The maximum absolute atomic E-state index is 9.30. The first-order valence-electron chi connectivity index (χ1n) is 8.14.